The predicted molar refractivity (Wildman–Crippen MR) is 88.3 cm³/mol. The Hall–Kier alpha value is -1.88. The average Bonchev–Trinajstić information content (AvgIpc) is 2.77. The Bertz CT molecular complexity index is 667. The van der Waals surface area contributed by atoms with Crippen LogP contribution in [-0.2, 0) is 19.5 Å². The summed E-state index contributed by atoms with van der Waals surface area (Å²) in [5.41, 5.74) is 1.26. The molecule has 1 unspecified atom stereocenters. The summed E-state index contributed by atoms with van der Waals surface area (Å²) in [5, 5.41) is 12.5. The number of hydrogen-bond donors (Lipinski definition) is 1. The van der Waals surface area contributed by atoms with Crippen molar-refractivity contribution in [1.82, 2.24) is 20.1 Å². The van der Waals surface area contributed by atoms with Crippen LogP contribution in [0.4, 0.5) is 0 Å². The van der Waals surface area contributed by atoms with Crippen molar-refractivity contribution in [1.29, 1.82) is 0 Å². The Balaban J connectivity index is 1.50. The normalized spacial score (nSPS) is 20.8. The molecule has 4 rings (SSSR count). The highest BCUT2D eigenvalue weighted by Crippen LogP contribution is 2.31. The van der Waals surface area contributed by atoms with Gasteiger partial charge in [-0.1, -0.05) is 24.6 Å². The smallest absolute Gasteiger partial charge is 0.147 e. The van der Waals surface area contributed by atoms with Crippen LogP contribution in [0, 0.1) is 0 Å². The number of ether oxygens (including phenoxy) is 1. The van der Waals surface area contributed by atoms with Gasteiger partial charge in [-0.2, -0.15) is 0 Å². The molecule has 0 amide bonds. The number of para-hydroxylation sites is 1. The molecule has 5 nitrogen and oxygen atoms in total. The molecule has 2 aliphatic heterocycles. The Kier molecular flexibility index (Phi) is 4.28. The van der Waals surface area contributed by atoms with Crippen LogP contribution in [-0.4, -0.2) is 21.4 Å². The van der Waals surface area contributed by atoms with Crippen LogP contribution in [0.3, 0.4) is 0 Å². The van der Waals surface area contributed by atoms with E-state index in [0.29, 0.717) is 6.04 Å². The van der Waals surface area contributed by atoms with Gasteiger partial charge in [0.15, 0.2) is 0 Å². The zero-order valence-electron chi connectivity index (χ0n) is 13.5. The fourth-order valence-corrected chi connectivity index (χ4v) is 3.63. The van der Waals surface area contributed by atoms with E-state index >= 15 is 0 Å². The molecule has 1 atom stereocenters. The summed E-state index contributed by atoms with van der Waals surface area (Å²) in [4.78, 5) is 0. The molecule has 2 aromatic rings. The second kappa shape index (κ2) is 6.71. The third kappa shape index (κ3) is 3.11. The maximum Gasteiger partial charge on any atom is 0.147 e. The van der Waals surface area contributed by atoms with E-state index in [1.165, 1.54) is 24.8 Å². The predicted octanol–water partition coefficient (Wildman–Crippen LogP) is 3.01. The van der Waals surface area contributed by atoms with Gasteiger partial charge in [0.25, 0.3) is 0 Å². The van der Waals surface area contributed by atoms with E-state index in [1.807, 2.05) is 6.07 Å². The summed E-state index contributed by atoms with van der Waals surface area (Å²) in [6, 6.07) is 8.69. The fraction of sp³-hybridized carbons (Fsp3) is 0.556. The fourth-order valence-electron chi connectivity index (χ4n) is 3.63. The molecule has 0 bridgehead atoms. The average molecular weight is 312 g/mol. The molecular weight excluding hydrogens is 288 g/mol. The molecule has 0 fully saturated rings. The number of hydrogen-bond acceptors (Lipinski definition) is 4. The molecule has 0 aliphatic carbocycles. The number of nitrogens with one attached hydrogen (secondary N) is 1. The van der Waals surface area contributed by atoms with Crippen LogP contribution in [0.2, 0.25) is 0 Å². The molecule has 0 saturated heterocycles. The van der Waals surface area contributed by atoms with E-state index < -0.39 is 0 Å². The van der Waals surface area contributed by atoms with Crippen molar-refractivity contribution in [3.05, 3.63) is 41.5 Å². The largest absolute Gasteiger partial charge is 0.493 e. The van der Waals surface area contributed by atoms with Gasteiger partial charge in [0, 0.05) is 24.6 Å². The molecule has 1 aromatic heterocycles. The van der Waals surface area contributed by atoms with Gasteiger partial charge in [0.1, 0.15) is 17.4 Å². The Morgan fingerprint density at radius 3 is 3.09 bits per heavy atom. The Labute approximate surface area is 137 Å². The van der Waals surface area contributed by atoms with Gasteiger partial charge < -0.3 is 14.6 Å². The zero-order chi connectivity index (χ0) is 15.5. The second-order valence-electron chi connectivity index (χ2n) is 6.46. The van der Waals surface area contributed by atoms with Crippen molar-refractivity contribution < 1.29 is 4.74 Å². The van der Waals surface area contributed by atoms with Crippen LogP contribution in [0.25, 0.3) is 0 Å². The molecule has 23 heavy (non-hydrogen) atoms. The second-order valence-corrected chi connectivity index (χ2v) is 6.46. The molecule has 122 valence electrons. The SMILES string of the molecule is c1ccc2c(c1)OCCCC2NCc1nnc2n1CCCCC2. The molecule has 3 heterocycles. The highest BCUT2D eigenvalue weighted by atomic mass is 16.5. The molecule has 0 spiro atoms. The first kappa shape index (κ1) is 14.7. The van der Waals surface area contributed by atoms with E-state index in [4.69, 9.17) is 4.74 Å². The molecule has 5 heteroatoms. The lowest BCUT2D eigenvalue weighted by molar-refractivity contribution is 0.315. The maximum atomic E-state index is 5.85. The minimum atomic E-state index is 0.326. The number of rotatable bonds is 3. The Morgan fingerprint density at radius 1 is 1.13 bits per heavy atom. The van der Waals surface area contributed by atoms with E-state index in [-0.39, 0.29) is 0 Å². The number of nitrogens with zero attached hydrogens (tertiary/aromatic N) is 3. The summed E-state index contributed by atoms with van der Waals surface area (Å²) >= 11 is 0. The minimum absolute atomic E-state index is 0.326. The molecular formula is C18H24N4O. The number of aromatic nitrogens is 3. The van der Waals surface area contributed by atoms with Crippen molar-refractivity contribution in [2.75, 3.05) is 6.61 Å². The van der Waals surface area contributed by atoms with E-state index in [0.717, 1.165) is 56.4 Å². The highest BCUT2D eigenvalue weighted by Gasteiger charge is 2.20. The third-order valence-corrected chi connectivity index (χ3v) is 4.88. The van der Waals surface area contributed by atoms with Gasteiger partial charge in [0.05, 0.1) is 13.2 Å². The van der Waals surface area contributed by atoms with Crippen molar-refractivity contribution in [2.45, 2.75) is 57.7 Å². The summed E-state index contributed by atoms with van der Waals surface area (Å²) in [5.74, 6) is 3.25. The van der Waals surface area contributed by atoms with E-state index in [9.17, 15) is 0 Å². The molecule has 0 radical (unpaired) electrons. The lowest BCUT2D eigenvalue weighted by Crippen LogP contribution is -2.23. The van der Waals surface area contributed by atoms with Gasteiger partial charge in [0.2, 0.25) is 0 Å². The topological polar surface area (TPSA) is 52.0 Å². The standard InChI is InChI=1S/C18H24N4O/c1-2-10-17-20-21-18(22(17)11-5-1)13-19-15-8-6-12-23-16-9-4-3-7-14(15)16/h3-4,7,9,15,19H,1-2,5-6,8,10-13H2. The van der Waals surface area contributed by atoms with E-state index in [2.05, 4.69) is 38.3 Å². The van der Waals surface area contributed by atoms with Crippen molar-refractivity contribution >= 4 is 0 Å². The summed E-state index contributed by atoms with van der Waals surface area (Å²) < 4.78 is 8.17. The quantitative estimate of drug-likeness (QED) is 0.946. The molecule has 2 aliphatic rings. The summed E-state index contributed by atoms with van der Waals surface area (Å²) in [6.07, 6.45) is 7.00. The van der Waals surface area contributed by atoms with Crippen LogP contribution < -0.4 is 10.1 Å². The van der Waals surface area contributed by atoms with Gasteiger partial charge >= 0.3 is 0 Å². The van der Waals surface area contributed by atoms with Gasteiger partial charge in [-0.3, -0.25) is 0 Å². The van der Waals surface area contributed by atoms with Crippen molar-refractivity contribution in [3.8, 4) is 5.75 Å². The summed E-state index contributed by atoms with van der Waals surface area (Å²) in [6.45, 7) is 2.63. The van der Waals surface area contributed by atoms with Crippen molar-refractivity contribution in [2.24, 2.45) is 0 Å². The first-order valence-corrected chi connectivity index (χ1v) is 8.78. The van der Waals surface area contributed by atoms with Gasteiger partial charge in [-0.25, -0.2) is 0 Å². The highest BCUT2D eigenvalue weighted by molar-refractivity contribution is 5.36. The first-order chi connectivity index (χ1) is 11.4. The van der Waals surface area contributed by atoms with Crippen LogP contribution in [0.5, 0.6) is 5.75 Å². The Morgan fingerprint density at radius 2 is 2.09 bits per heavy atom. The van der Waals surface area contributed by atoms with Crippen LogP contribution in [0.15, 0.2) is 24.3 Å². The van der Waals surface area contributed by atoms with Gasteiger partial charge in [-0.15, -0.1) is 10.2 Å². The van der Waals surface area contributed by atoms with Crippen molar-refractivity contribution in [3.63, 3.8) is 0 Å². The van der Waals surface area contributed by atoms with Crippen LogP contribution in [0.1, 0.15) is 55.4 Å². The third-order valence-electron chi connectivity index (χ3n) is 4.88. The zero-order valence-corrected chi connectivity index (χ0v) is 13.5. The molecule has 1 N–H and O–H groups in total. The maximum absolute atomic E-state index is 5.85. The number of aryl methyl sites for hydroxylation is 1. The molecule has 1 aromatic carbocycles. The lowest BCUT2D eigenvalue weighted by Gasteiger charge is -2.18. The lowest BCUT2D eigenvalue weighted by atomic mass is 10.0. The summed E-state index contributed by atoms with van der Waals surface area (Å²) in [7, 11) is 0. The minimum Gasteiger partial charge on any atom is -0.493 e. The monoisotopic (exact) mass is 312 g/mol. The molecule has 0 saturated carbocycles. The van der Waals surface area contributed by atoms with Gasteiger partial charge in [-0.05, 0) is 31.7 Å². The first-order valence-electron chi connectivity index (χ1n) is 8.78. The number of fused-ring (bicyclic) bond motifs is 2. The number of benzene rings is 1. The van der Waals surface area contributed by atoms with Crippen LogP contribution >= 0.6 is 0 Å². The van der Waals surface area contributed by atoms with E-state index in [1.54, 1.807) is 0 Å².